The summed E-state index contributed by atoms with van der Waals surface area (Å²) >= 11 is 0. The number of methoxy groups -OCH3 is 1. The molecule has 0 spiro atoms. The van der Waals surface area contributed by atoms with Gasteiger partial charge in [-0.3, -0.25) is 4.79 Å². The van der Waals surface area contributed by atoms with Gasteiger partial charge in [0.25, 0.3) is 0 Å². The number of hydrogen-bond donors (Lipinski definition) is 0. The minimum atomic E-state index is -0.599. The molecule has 0 bridgehead atoms. The van der Waals surface area contributed by atoms with E-state index < -0.39 is 5.41 Å². The molecule has 1 aliphatic carbocycles. The van der Waals surface area contributed by atoms with Crippen LogP contribution in [0.3, 0.4) is 0 Å². The number of nitrogens with zero attached hydrogens (tertiary/aromatic N) is 1. The molecule has 2 aromatic rings. The van der Waals surface area contributed by atoms with Gasteiger partial charge in [0.1, 0.15) is 23.0 Å². The minimum Gasteiger partial charge on any atom is -0.497 e. The van der Waals surface area contributed by atoms with Crippen LogP contribution < -0.4 is 9.47 Å². The van der Waals surface area contributed by atoms with Crippen molar-refractivity contribution in [3.05, 3.63) is 60.2 Å². The van der Waals surface area contributed by atoms with Gasteiger partial charge in [0.05, 0.1) is 20.3 Å². The Morgan fingerprint density at radius 2 is 1.69 bits per heavy atom. The summed E-state index contributed by atoms with van der Waals surface area (Å²) in [6, 6.07) is 17.5. The highest BCUT2D eigenvalue weighted by Gasteiger charge is 2.64. The van der Waals surface area contributed by atoms with Gasteiger partial charge in [-0.15, -0.1) is 0 Å². The zero-order valence-electron chi connectivity index (χ0n) is 14.9. The molecule has 0 aromatic heterocycles. The summed E-state index contributed by atoms with van der Waals surface area (Å²) < 4.78 is 16.8. The average Bonchev–Trinajstić information content (AvgIpc) is 3.44. The maximum absolute atomic E-state index is 13.4. The van der Waals surface area contributed by atoms with Crippen LogP contribution in [0.5, 0.6) is 11.5 Å². The summed E-state index contributed by atoms with van der Waals surface area (Å²) in [6.07, 6.45) is 0.535. The molecule has 0 unspecified atom stereocenters. The van der Waals surface area contributed by atoms with E-state index in [1.165, 1.54) is 0 Å². The highest BCUT2D eigenvalue weighted by atomic mass is 16.5. The molecule has 0 radical (unpaired) electrons. The van der Waals surface area contributed by atoms with Crippen molar-refractivity contribution < 1.29 is 19.0 Å². The summed E-state index contributed by atoms with van der Waals surface area (Å²) in [5.74, 6) is 1.68. The van der Waals surface area contributed by atoms with Crippen LogP contribution in [0.1, 0.15) is 12.0 Å². The van der Waals surface area contributed by atoms with Crippen LogP contribution in [0, 0.1) is 0 Å². The predicted molar refractivity (Wildman–Crippen MR) is 97.5 cm³/mol. The first kappa shape index (κ1) is 16.9. The van der Waals surface area contributed by atoms with Gasteiger partial charge in [0, 0.05) is 19.5 Å². The second kappa shape index (κ2) is 7.00. The number of carbonyl (C=O) groups excluding carboxylic acids is 1. The van der Waals surface area contributed by atoms with Gasteiger partial charge in [-0.2, -0.15) is 0 Å². The number of carbonyl (C=O) groups is 1. The molecule has 2 atom stereocenters. The minimum absolute atomic E-state index is 0.144. The van der Waals surface area contributed by atoms with E-state index in [2.05, 4.69) is 0 Å². The SMILES string of the molecule is COc1ccc(O[C@H]2C[C@]2(C(=O)N2CCOCC2)c2ccccc2)cc1. The maximum Gasteiger partial charge on any atom is 0.237 e. The molecule has 2 aliphatic rings. The van der Waals surface area contributed by atoms with Crippen molar-refractivity contribution in [2.75, 3.05) is 33.4 Å². The topological polar surface area (TPSA) is 48.0 Å². The molecule has 0 N–H and O–H groups in total. The standard InChI is InChI=1S/C21H23NO4/c1-24-17-7-9-18(10-8-17)26-19-15-21(19,16-5-3-2-4-6-16)20(23)22-11-13-25-14-12-22/h2-10,19H,11-15H2,1H3/t19-,21-/m0/s1. The summed E-state index contributed by atoms with van der Waals surface area (Å²) in [6.45, 7) is 2.48. The quantitative estimate of drug-likeness (QED) is 0.829. The second-order valence-corrected chi connectivity index (χ2v) is 6.73. The predicted octanol–water partition coefficient (Wildman–Crippen LogP) is 2.64. The normalized spacial score (nSPS) is 24.8. The van der Waals surface area contributed by atoms with Crippen LogP contribution in [0.2, 0.25) is 0 Å². The smallest absolute Gasteiger partial charge is 0.237 e. The maximum atomic E-state index is 13.4. The summed E-state index contributed by atoms with van der Waals surface area (Å²) in [5, 5.41) is 0. The molecule has 1 aliphatic heterocycles. The van der Waals surface area contributed by atoms with Crippen molar-refractivity contribution >= 4 is 5.91 Å². The zero-order valence-corrected chi connectivity index (χ0v) is 14.9. The van der Waals surface area contributed by atoms with E-state index in [4.69, 9.17) is 14.2 Å². The first-order chi connectivity index (χ1) is 12.7. The molecule has 1 saturated heterocycles. The number of amides is 1. The van der Waals surface area contributed by atoms with Gasteiger partial charge in [0.2, 0.25) is 5.91 Å². The first-order valence-electron chi connectivity index (χ1n) is 8.97. The Morgan fingerprint density at radius 1 is 1.04 bits per heavy atom. The fourth-order valence-corrected chi connectivity index (χ4v) is 3.63. The monoisotopic (exact) mass is 353 g/mol. The van der Waals surface area contributed by atoms with Gasteiger partial charge in [0.15, 0.2) is 0 Å². The Hall–Kier alpha value is -2.53. The van der Waals surface area contributed by atoms with Crippen molar-refractivity contribution in [1.29, 1.82) is 0 Å². The van der Waals surface area contributed by atoms with Crippen molar-refractivity contribution in [1.82, 2.24) is 4.90 Å². The lowest BCUT2D eigenvalue weighted by atomic mass is 9.93. The van der Waals surface area contributed by atoms with E-state index in [1.807, 2.05) is 59.5 Å². The molecule has 1 amide bonds. The Bertz CT molecular complexity index is 755. The highest BCUT2D eigenvalue weighted by molar-refractivity contribution is 5.93. The van der Waals surface area contributed by atoms with Gasteiger partial charge in [-0.1, -0.05) is 30.3 Å². The van der Waals surface area contributed by atoms with E-state index in [-0.39, 0.29) is 12.0 Å². The lowest BCUT2D eigenvalue weighted by molar-refractivity contribution is -0.138. The van der Waals surface area contributed by atoms with Gasteiger partial charge >= 0.3 is 0 Å². The molecule has 2 fully saturated rings. The van der Waals surface area contributed by atoms with Crippen molar-refractivity contribution in [3.8, 4) is 11.5 Å². The Morgan fingerprint density at radius 3 is 2.35 bits per heavy atom. The Kier molecular flexibility index (Phi) is 4.55. The van der Waals surface area contributed by atoms with E-state index in [0.29, 0.717) is 32.7 Å². The van der Waals surface area contributed by atoms with Crippen LogP contribution in [0.25, 0.3) is 0 Å². The van der Waals surface area contributed by atoms with Crippen molar-refractivity contribution in [3.63, 3.8) is 0 Å². The van der Waals surface area contributed by atoms with E-state index in [0.717, 1.165) is 17.1 Å². The van der Waals surface area contributed by atoms with Gasteiger partial charge in [-0.25, -0.2) is 0 Å². The number of ether oxygens (including phenoxy) is 3. The average molecular weight is 353 g/mol. The molecule has 2 aromatic carbocycles. The lowest BCUT2D eigenvalue weighted by Crippen LogP contribution is -2.47. The van der Waals surface area contributed by atoms with Crippen molar-refractivity contribution in [2.45, 2.75) is 17.9 Å². The number of morpholine rings is 1. The molecule has 4 rings (SSSR count). The van der Waals surface area contributed by atoms with Gasteiger partial charge < -0.3 is 19.1 Å². The zero-order chi connectivity index (χ0) is 18.0. The summed E-state index contributed by atoms with van der Waals surface area (Å²) in [7, 11) is 1.64. The molecule has 26 heavy (non-hydrogen) atoms. The number of hydrogen-bond acceptors (Lipinski definition) is 4. The van der Waals surface area contributed by atoms with E-state index in [9.17, 15) is 4.79 Å². The third-order valence-corrected chi connectivity index (χ3v) is 5.20. The third kappa shape index (κ3) is 3.03. The van der Waals surface area contributed by atoms with E-state index in [1.54, 1.807) is 7.11 Å². The first-order valence-corrected chi connectivity index (χ1v) is 8.97. The fourth-order valence-electron chi connectivity index (χ4n) is 3.63. The molecule has 5 nitrogen and oxygen atoms in total. The van der Waals surface area contributed by atoms with Crippen LogP contribution in [0.4, 0.5) is 0 Å². The molecule has 1 saturated carbocycles. The largest absolute Gasteiger partial charge is 0.497 e. The van der Waals surface area contributed by atoms with Crippen molar-refractivity contribution in [2.24, 2.45) is 0 Å². The fraction of sp³-hybridized carbons (Fsp3) is 0.381. The number of rotatable bonds is 5. The molecule has 136 valence electrons. The second-order valence-electron chi connectivity index (χ2n) is 6.73. The van der Waals surface area contributed by atoms with Crippen LogP contribution >= 0.6 is 0 Å². The highest BCUT2D eigenvalue weighted by Crippen LogP contribution is 2.52. The van der Waals surface area contributed by atoms with Gasteiger partial charge in [-0.05, 0) is 29.8 Å². The number of benzene rings is 2. The third-order valence-electron chi connectivity index (χ3n) is 5.20. The lowest BCUT2D eigenvalue weighted by Gasteiger charge is -2.31. The Labute approximate surface area is 153 Å². The molecular weight excluding hydrogens is 330 g/mol. The molecular formula is C21H23NO4. The van der Waals surface area contributed by atoms with E-state index >= 15 is 0 Å². The van der Waals surface area contributed by atoms with Crippen LogP contribution in [-0.4, -0.2) is 50.3 Å². The summed E-state index contributed by atoms with van der Waals surface area (Å²) in [4.78, 5) is 15.3. The molecule has 1 heterocycles. The Balaban J connectivity index is 1.58. The van der Waals surface area contributed by atoms with Crippen LogP contribution in [0.15, 0.2) is 54.6 Å². The summed E-state index contributed by atoms with van der Waals surface area (Å²) in [5.41, 5.74) is 0.424. The molecule has 5 heteroatoms. The van der Waals surface area contributed by atoms with Crippen LogP contribution in [-0.2, 0) is 14.9 Å².